The summed E-state index contributed by atoms with van der Waals surface area (Å²) in [6, 6.07) is 2.06. The van der Waals surface area contributed by atoms with Crippen LogP contribution in [0.4, 0.5) is 0 Å². The fourth-order valence-electron chi connectivity index (χ4n) is 1.45. The van der Waals surface area contributed by atoms with Crippen molar-refractivity contribution in [3.8, 4) is 0 Å². The molecule has 0 amide bonds. The Balaban J connectivity index is 2.22. The van der Waals surface area contributed by atoms with Crippen LogP contribution in [0.25, 0.3) is 0 Å². The number of halogens is 3. The molecular formula is C9H8Br3N. The van der Waals surface area contributed by atoms with Gasteiger partial charge in [0, 0.05) is 26.4 Å². The number of pyridine rings is 1. The van der Waals surface area contributed by atoms with Crippen LogP contribution in [0.1, 0.15) is 18.0 Å². The SMILES string of the molecule is BrCC1CC1c1ncc(Br)cc1Br. The van der Waals surface area contributed by atoms with E-state index in [1.54, 1.807) is 0 Å². The molecule has 1 aromatic heterocycles. The lowest BCUT2D eigenvalue weighted by atomic mass is 10.2. The second-order valence-electron chi connectivity index (χ2n) is 3.28. The molecule has 1 saturated carbocycles. The molecule has 2 atom stereocenters. The summed E-state index contributed by atoms with van der Waals surface area (Å²) in [5.41, 5.74) is 1.20. The normalized spacial score (nSPS) is 26.1. The van der Waals surface area contributed by atoms with E-state index in [9.17, 15) is 0 Å². The van der Waals surface area contributed by atoms with E-state index in [1.165, 1.54) is 12.1 Å². The van der Waals surface area contributed by atoms with Crippen LogP contribution in [0.3, 0.4) is 0 Å². The lowest BCUT2D eigenvalue weighted by Gasteiger charge is -2.01. The molecule has 0 bridgehead atoms. The Morgan fingerprint density at radius 2 is 2.23 bits per heavy atom. The van der Waals surface area contributed by atoms with Crippen molar-refractivity contribution in [2.75, 3.05) is 5.33 Å². The first-order valence-corrected chi connectivity index (χ1v) is 6.80. The molecule has 0 radical (unpaired) electrons. The van der Waals surface area contributed by atoms with Gasteiger partial charge < -0.3 is 0 Å². The summed E-state index contributed by atoms with van der Waals surface area (Å²) in [5, 5.41) is 1.09. The van der Waals surface area contributed by atoms with E-state index in [0.29, 0.717) is 5.92 Å². The highest BCUT2D eigenvalue weighted by molar-refractivity contribution is 9.11. The monoisotopic (exact) mass is 367 g/mol. The molecule has 1 heterocycles. The second kappa shape index (κ2) is 3.99. The highest BCUT2D eigenvalue weighted by Crippen LogP contribution is 2.49. The molecule has 0 aliphatic heterocycles. The smallest absolute Gasteiger partial charge is 0.0580 e. The van der Waals surface area contributed by atoms with Gasteiger partial charge in [0.1, 0.15) is 0 Å². The van der Waals surface area contributed by atoms with Gasteiger partial charge in [-0.05, 0) is 50.3 Å². The van der Waals surface area contributed by atoms with Crippen molar-refractivity contribution in [1.29, 1.82) is 0 Å². The lowest BCUT2D eigenvalue weighted by molar-refractivity contribution is 0.895. The Morgan fingerprint density at radius 1 is 1.46 bits per heavy atom. The Morgan fingerprint density at radius 3 is 2.77 bits per heavy atom. The maximum absolute atomic E-state index is 4.42. The van der Waals surface area contributed by atoms with Crippen LogP contribution >= 0.6 is 47.8 Å². The van der Waals surface area contributed by atoms with Crippen molar-refractivity contribution < 1.29 is 0 Å². The van der Waals surface area contributed by atoms with Crippen molar-refractivity contribution in [3.05, 3.63) is 26.9 Å². The molecule has 13 heavy (non-hydrogen) atoms. The molecule has 2 rings (SSSR count). The third kappa shape index (κ3) is 2.16. The van der Waals surface area contributed by atoms with Gasteiger partial charge in [0.2, 0.25) is 0 Å². The third-order valence-electron chi connectivity index (χ3n) is 2.31. The van der Waals surface area contributed by atoms with Gasteiger partial charge in [0.15, 0.2) is 0 Å². The largest absolute Gasteiger partial charge is 0.259 e. The van der Waals surface area contributed by atoms with Gasteiger partial charge >= 0.3 is 0 Å². The fraction of sp³-hybridized carbons (Fsp3) is 0.444. The van der Waals surface area contributed by atoms with Crippen LogP contribution in [0, 0.1) is 5.92 Å². The van der Waals surface area contributed by atoms with Crippen LogP contribution in [0.15, 0.2) is 21.2 Å². The molecular weight excluding hydrogens is 362 g/mol. The van der Waals surface area contributed by atoms with Crippen LogP contribution < -0.4 is 0 Å². The van der Waals surface area contributed by atoms with E-state index < -0.39 is 0 Å². The van der Waals surface area contributed by atoms with Gasteiger partial charge in [-0.15, -0.1) is 0 Å². The van der Waals surface area contributed by atoms with E-state index in [0.717, 1.165) is 20.2 Å². The van der Waals surface area contributed by atoms with Crippen molar-refractivity contribution >= 4 is 47.8 Å². The Labute approximate surface area is 103 Å². The fourth-order valence-corrected chi connectivity index (χ4v) is 3.45. The predicted molar refractivity (Wildman–Crippen MR) is 64.3 cm³/mol. The molecule has 0 saturated heterocycles. The summed E-state index contributed by atoms with van der Waals surface area (Å²) in [7, 11) is 0. The number of alkyl halides is 1. The molecule has 1 aromatic rings. The molecule has 1 aliphatic carbocycles. The van der Waals surface area contributed by atoms with Gasteiger partial charge in [-0.1, -0.05) is 15.9 Å². The number of aromatic nitrogens is 1. The summed E-state index contributed by atoms with van der Waals surface area (Å²) in [6.07, 6.45) is 3.13. The molecule has 1 aliphatic rings. The van der Waals surface area contributed by atoms with Crippen molar-refractivity contribution in [3.63, 3.8) is 0 Å². The maximum atomic E-state index is 4.42. The van der Waals surface area contributed by atoms with Crippen LogP contribution in [0.2, 0.25) is 0 Å². The minimum Gasteiger partial charge on any atom is -0.259 e. The van der Waals surface area contributed by atoms with Crippen molar-refractivity contribution in [2.24, 2.45) is 5.92 Å². The zero-order valence-electron chi connectivity index (χ0n) is 6.80. The minimum absolute atomic E-state index is 0.654. The zero-order chi connectivity index (χ0) is 9.42. The predicted octanol–water partition coefficient (Wildman–Crippen LogP) is 4.11. The lowest BCUT2D eigenvalue weighted by Crippen LogP contribution is -1.90. The van der Waals surface area contributed by atoms with E-state index >= 15 is 0 Å². The van der Waals surface area contributed by atoms with E-state index in [-0.39, 0.29) is 0 Å². The van der Waals surface area contributed by atoms with Crippen LogP contribution in [0.5, 0.6) is 0 Å². The Hall–Kier alpha value is 0.590. The van der Waals surface area contributed by atoms with Gasteiger partial charge in [-0.3, -0.25) is 4.98 Å². The van der Waals surface area contributed by atoms with Gasteiger partial charge in [-0.25, -0.2) is 0 Å². The zero-order valence-corrected chi connectivity index (χ0v) is 11.6. The van der Waals surface area contributed by atoms with Gasteiger partial charge in [-0.2, -0.15) is 0 Å². The molecule has 70 valence electrons. The molecule has 2 unspecified atom stereocenters. The average molecular weight is 370 g/mol. The number of hydrogen-bond acceptors (Lipinski definition) is 1. The first-order valence-electron chi connectivity index (χ1n) is 4.09. The Kier molecular flexibility index (Phi) is 3.11. The highest BCUT2D eigenvalue weighted by Gasteiger charge is 2.39. The maximum Gasteiger partial charge on any atom is 0.0580 e. The summed E-state index contributed by atoms with van der Waals surface area (Å²) in [6.45, 7) is 0. The molecule has 1 fully saturated rings. The van der Waals surface area contributed by atoms with E-state index in [1.807, 2.05) is 6.20 Å². The number of nitrogens with zero attached hydrogens (tertiary/aromatic N) is 1. The summed E-state index contributed by atoms with van der Waals surface area (Å²) in [4.78, 5) is 4.42. The summed E-state index contributed by atoms with van der Waals surface area (Å²) < 4.78 is 2.15. The molecule has 0 N–H and O–H groups in total. The molecule has 0 aromatic carbocycles. The average Bonchev–Trinajstić information content (AvgIpc) is 2.83. The van der Waals surface area contributed by atoms with Gasteiger partial charge in [0.25, 0.3) is 0 Å². The third-order valence-corrected chi connectivity index (χ3v) is 4.21. The van der Waals surface area contributed by atoms with E-state index in [4.69, 9.17) is 0 Å². The van der Waals surface area contributed by atoms with Crippen LogP contribution in [-0.4, -0.2) is 10.3 Å². The quantitative estimate of drug-likeness (QED) is 0.715. The molecule has 0 spiro atoms. The minimum atomic E-state index is 0.654. The standard InChI is InChI=1S/C9H8Br3N/c10-3-5-1-7(5)9-8(12)2-6(11)4-13-9/h2,4-5,7H,1,3H2. The first-order chi connectivity index (χ1) is 6.22. The van der Waals surface area contributed by atoms with Crippen molar-refractivity contribution in [2.45, 2.75) is 12.3 Å². The second-order valence-corrected chi connectivity index (χ2v) is 5.69. The topological polar surface area (TPSA) is 12.9 Å². The molecule has 1 nitrogen and oxygen atoms in total. The first kappa shape index (κ1) is 10.1. The number of hydrogen-bond donors (Lipinski definition) is 0. The Bertz CT molecular complexity index is 327. The summed E-state index contributed by atoms with van der Waals surface area (Å²) >= 11 is 10.4. The van der Waals surface area contributed by atoms with E-state index in [2.05, 4.69) is 58.8 Å². The van der Waals surface area contributed by atoms with Crippen LogP contribution in [-0.2, 0) is 0 Å². The van der Waals surface area contributed by atoms with Crippen molar-refractivity contribution in [1.82, 2.24) is 4.98 Å². The number of rotatable bonds is 2. The molecule has 4 heteroatoms. The summed E-state index contributed by atoms with van der Waals surface area (Å²) in [5.74, 6) is 1.44. The van der Waals surface area contributed by atoms with Gasteiger partial charge in [0.05, 0.1) is 5.69 Å². The highest BCUT2D eigenvalue weighted by atomic mass is 79.9.